The fourth-order valence-electron chi connectivity index (χ4n) is 4.06. The number of benzene rings is 2. The Balaban J connectivity index is 1.50. The van der Waals surface area contributed by atoms with Crippen LogP contribution in [0.2, 0.25) is 0 Å². The molecule has 124 valence electrons. The van der Waals surface area contributed by atoms with Gasteiger partial charge in [-0.25, -0.2) is 14.4 Å². The van der Waals surface area contributed by atoms with Gasteiger partial charge in [0.05, 0.1) is 28.1 Å². The average Bonchev–Trinajstić information content (AvgIpc) is 3.23. The zero-order chi connectivity index (χ0) is 17.0. The summed E-state index contributed by atoms with van der Waals surface area (Å²) < 4.78 is 13.7. The van der Waals surface area contributed by atoms with Crippen molar-refractivity contribution in [2.45, 2.75) is 31.1 Å². The summed E-state index contributed by atoms with van der Waals surface area (Å²) in [4.78, 5) is 22.0. The molecular formula is C20H16FN3O. The molecule has 5 rings (SSSR count). The van der Waals surface area contributed by atoms with E-state index in [0.29, 0.717) is 17.4 Å². The molecule has 0 spiro atoms. The molecule has 1 aromatic heterocycles. The van der Waals surface area contributed by atoms with Gasteiger partial charge in [-0.1, -0.05) is 12.1 Å². The number of carbonyl (C=O) groups is 1. The first kappa shape index (κ1) is 14.5. The molecule has 0 radical (unpaired) electrons. The van der Waals surface area contributed by atoms with Gasteiger partial charge in [-0.2, -0.15) is 0 Å². The van der Waals surface area contributed by atoms with Gasteiger partial charge in [0.1, 0.15) is 5.82 Å². The van der Waals surface area contributed by atoms with E-state index in [-0.39, 0.29) is 11.6 Å². The number of halogens is 1. The first-order chi connectivity index (χ1) is 12.2. The van der Waals surface area contributed by atoms with Crippen molar-refractivity contribution in [3.63, 3.8) is 0 Å². The first-order valence-corrected chi connectivity index (χ1v) is 8.56. The second-order valence-electron chi connectivity index (χ2n) is 6.84. The molecule has 1 N–H and O–H groups in total. The number of para-hydroxylation sites is 1. The molecular weight excluding hydrogens is 317 g/mol. The molecule has 2 unspecified atom stereocenters. The van der Waals surface area contributed by atoms with Gasteiger partial charge in [-0.3, -0.25) is 4.79 Å². The van der Waals surface area contributed by atoms with Crippen LogP contribution in [0.1, 0.15) is 52.8 Å². The lowest BCUT2D eigenvalue weighted by molar-refractivity contribution is 0.102. The summed E-state index contributed by atoms with van der Waals surface area (Å²) in [5.74, 6) is 0.273. The van der Waals surface area contributed by atoms with E-state index in [0.717, 1.165) is 28.8 Å². The summed E-state index contributed by atoms with van der Waals surface area (Å²) in [6.45, 7) is 0. The molecule has 2 aromatic carbocycles. The summed E-state index contributed by atoms with van der Waals surface area (Å²) in [5.41, 5.74) is 4.42. The van der Waals surface area contributed by atoms with Crippen LogP contribution in [0.25, 0.3) is 11.0 Å². The molecule has 2 atom stereocenters. The van der Waals surface area contributed by atoms with Crippen LogP contribution < -0.4 is 5.32 Å². The summed E-state index contributed by atoms with van der Waals surface area (Å²) in [7, 11) is 0. The number of anilines is 1. The van der Waals surface area contributed by atoms with Gasteiger partial charge in [-0.05, 0) is 49.6 Å². The predicted octanol–water partition coefficient (Wildman–Crippen LogP) is 4.39. The van der Waals surface area contributed by atoms with Gasteiger partial charge in [0.25, 0.3) is 5.91 Å². The Hall–Kier alpha value is -2.82. The molecule has 25 heavy (non-hydrogen) atoms. The van der Waals surface area contributed by atoms with E-state index in [9.17, 15) is 9.18 Å². The molecule has 1 saturated carbocycles. The monoisotopic (exact) mass is 333 g/mol. The van der Waals surface area contributed by atoms with Crippen molar-refractivity contribution in [3.05, 3.63) is 65.2 Å². The molecule has 3 aromatic rings. The van der Waals surface area contributed by atoms with Crippen molar-refractivity contribution < 1.29 is 9.18 Å². The van der Waals surface area contributed by atoms with Gasteiger partial charge in [0.2, 0.25) is 0 Å². The lowest BCUT2D eigenvalue weighted by Gasteiger charge is -2.14. The highest BCUT2D eigenvalue weighted by molar-refractivity contribution is 6.05. The fourth-order valence-corrected chi connectivity index (χ4v) is 4.06. The quantitative estimate of drug-likeness (QED) is 0.757. The van der Waals surface area contributed by atoms with Crippen LogP contribution in [0.15, 0.2) is 42.5 Å². The molecule has 1 fully saturated rings. The summed E-state index contributed by atoms with van der Waals surface area (Å²) in [5, 5.41) is 2.61. The minimum Gasteiger partial charge on any atom is -0.319 e. The Morgan fingerprint density at radius 2 is 1.72 bits per heavy atom. The molecule has 5 heteroatoms. The van der Waals surface area contributed by atoms with Gasteiger partial charge in [-0.15, -0.1) is 0 Å². The topological polar surface area (TPSA) is 54.9 Å². The highest BCUT2D eigenvalue weighted by Crippen LogP contribution is 2.51. The number of rotatable bonds is 2. The number of fused-ring (bicyclic) bond motifs is 6. The Kier molecular flexibility index (Phi) is 3.10. The highest BCUT2D eigenvalue weighted by atomic mass is 19.1. The minimum absolute atomic E-state index is 0.171. The van der Waals surface area contributed by atoms with E-state index in [2.05, 4.69) is 5.32 Å². The molecule has 1 heterocycles. The largest absolute Gasteiger partial charge is 0.319 e. The van der Waals surface area contributed by atoms with Gasteiger partial charge in [0.15, 0.2) is 0 Å². The summed E-state index contributed by atoms with van der Waals surface area (Å²) in [6, 6.07) is 11.4. The normalized spacial score (nSPS) is 20.7. The zero-order valence-corrected chi connectivity index (χ0v) is 13.5. The first-order valence-electron chi connectivity index (χ1n) is 8.56. The maximum absolute atomic E-state index is 13.7. The second kappa shape index (κ2) is 5.34. The van der Waals surface area contributed by atoms with Crippen molar-refractivity contribution in [2.75, 3.05) is 5.32 Å². The lowest BCUT2D eigenvalue weighted by Crippen LogP contribution is -2.13. The van der Waals surface area contributed by atoms with E-state index in [4.69, 9.17) is 9.97 Å². The van der Waals surface area contributed by atoms with Crippen LogP contribution in [0.5, 0.6) is 0 Å². The Morgan fingerprint density at radius 3 is 2.48 bits per heavy atom. The second-order valence-corrected chi connectivity index (χ2v) is 6.84. The maximum Gasteiger partial charge on any atom is 0.255 e. The number of carbonyl (C=O) groups excluding carboxylic acids is 1. The number of nitrogens with zero attached hydrogens (tertiary/aromatic N) is 2. The molecule has 2 bridgehead atoms. The van der Waals surface area contributed by atoms with Crippen LogP contribution >= 0.6 is 0 Å². The lowest BCUT2D eigenvalue weighted by atomic mass is 10.00. The zero-order valence-electron chi connectivity index (χ0n) is 13.5. The van der Waals surface area contributed by atoms with Gasteiger partial charge < -0.3 is 5.32 Å². The molecule has 0 saturated heterocycles. The fraction of sp³-hybridized carbons (Fsp3) is 0.250. The maximum atomic E-state index is 13.7. The Bertz CT molecular complexity index is 1020. The smallest absolute Gasteiger partial charge is 0.255 e. The van der Waals surface area contributed by atoms with Crippen LogP contribution in [0.3, 0.4) is 0 Å². The van der Waals surface area contributed by atoms with Crippen molar-refractivity contribution in [1.82, 2.24) is 9.97 Å². The molecule has 4 nitrogen and oxygen atoms in total. The molecule has 0 aliphatic heterocycles. The Labute approximate surface area is 144 Å². The van der Waals surface area contributed by atoms with E-state index in [1.165, 1.54) is 25.0 Å². The van der Waals surface area contributed by atoms with E-state index >= 15 is 0 Å². The standard InChI is InChI=1S/C20H16FN3O/c21-14-3-1-2-4-15(14)24-20(25)13-7-8-16-17(10-13)23-19-12-6-5-11(9-12)18(19)22-16/h1-4,7-8,10-12H,5-6,9H2,(H,24,25). The van der Waals surface area contributed by atoms with E-state index in [1.54, 1.807) is 24.3 Å². The third-order valence-corrected chi connectivity index (χ3v) is 5.31. The van der Waals surface area contributed by atoms with Crippen LogP contribution in [0.4, 0.5) is 10.1 Å². The third kappa shape index (κ3) is 2.30. The number of nitrogens with one attached hydrogen (secondary N) is 1. The SMILES string of the molecule is O=C(Nc1ccccc1F)c1ccc2nc3c(nc2c1)C1CCC3C1. The molecule has 1 amide bonds. The van der Waals surface area contributed by atoms with Crippen molar-refractivity contribution in [1.29, 1.82) is 0 Å². The van der Waals surface area contributed by atoms with Crippen molar-refractivity contribution in [3.8, 4) is 0 Å². The predicted molar refractivity (Wildman–Crippen MR) is 93.2 cm³/mol. The minimum atomic E-state index is -0.453. The van der Waals surface area contributed by atoms with Crippen LogP contribution in [-0.2, 0) is 0 Å². The van der Waals surface area contributed by atoms with E-state index in [1.807, 2.05) is 6.07 Å². The number of aromatic nitrogens is 2. The summed E-state index contributed by atoms with van der Waals surface area (Å²) in [6.07, 6.45) is 3.55. The third-order valence-electron chi connectivity index (χ3n) is 5.31. The Morgan fingerprint density at radius 1 is 1.00 bits per heavy atom. The van der Waals surface area contributed by atoms with Crippen LogP contribution in [-0.4, -0.2) is 15.9 Å². The van der Waals surface area contributed by atoms with E-state index < -0.39 is 5.82 Å². The number of hydrogen-bond acceptors (Lipinski definition) is 3. The number of amides is 1. The molecule has 2 aliphatic rings. The van der Waals surface area contributed by atoms with Gasteiger partial charge in [0, 0.05) is 17.4 Å². The van der Waals surface area contributed by atoms with Crippen molar-refractivity contribution >= 4 is 22.6 Å². The molecule has 2 aliphatic carbocycles. The average molecular weight is 333 g/mol. The summed E-state index contributed by atoms with van der Waals surface area (Å²) >= 11 is 0. The van der Waals surface area contributed by atoms with Crippen molar-refractivity contribution in [2.24, 2.45) is 0 Å². The van der Waals surface area contributed by atoms with Gasteiger partial charge >= 0.3 is 0 Å². The number of hydrogen-bond donors (Lipinski definition) is 1. The highest BCUT2D eigenvalue weighted by Gasteiger charge is 2.39. The van der Waals surface area contributed by atoms with Crippen LogP contribution in [0, 0.1) is 5.82 Å².